The Kier molecular flexibility index (Phi) is 11.6. The van der Waals surface area contributed by atoms with Crippen molar-refractivity contribution in [1.29, 1.82) is 0 Å². The standard InChI is InChI=1S/C31H42N2O3P/c1-5-12-30-25-28(17-18-31(30)32(4)26-29-13-9-8-10-14-29)16-15-27-19-22-33(23-20-27)21-11-24-37(34,35-6-2)36-7-3/h8-10,13-20,22-23,25H,5-7,11-12,21,24,26H2,1-4H3/q+1. The summed E-state index contributed by atoms with van der Waals surface area (Å²) in [5.74, 6) is 0. The fraction of sp³-hybridized carbons (Fsp3) is 0.387. The van der Waals surface area contributed by atoms with E-state index in [0.717, 1.165) is 37.9 Å². The van der Waals surface area contributed by atoms with Crippen LogP contribution in [0.2, 0.25) is 0 Å². The van der Waals surface area contributed by atoms with E-state index in [0.29, 0.717) is 19.4 Å². The molecule has 2 aromatic carbocycles. The number of aromatic nitrogens is 1. The summed E-state index contributed by atoms with van der Waals surface area (Å²) in [6.45, 7) is 8.39. The number of aryl methyl sites for hydroxylation is 2. The minimum atomic E-state index is -2.98. The van der Waals surface area contributed by atoms with E-state index in [-0.39, 0.29) is 0 Å². The van der Waals surface area contributed by atoms with Gasteiger partial charge in [0.15, 0.2) is 12.4 Å². The molecular weight excluding hydrogens is 479 g/mol. The third-order valence-corrected chi connectivity index (χ3v) is 8.35. The van der Waals surface area contributed by atoms with Crippen LogP contribution >= 0.6 is 7.60 Å². The van der Waals surface area contributed by atoms with E-state index in [4.69, 9.17) is 9.05 Å². The Morgan fingerprint density at radius 1 is 0.892 bits per heavy atom. The van der Waals surface area contributed by atoms with Crippen LogP contribution in [0.15, 0.2) is 73.1 Å². The maximum absolute atomic E-state index is 12.6. The van der Waals surface area contributed by atoms with Gasteiger partial charge in [-0.25, -0.2) is 4.57 Å². The molecule has 3 aromatic rings. The van der Waals surface area contributed by atoms with E-state index in [9.17, 15) is 4.57 Å². The van der Waals surface area contributed by atoms with Gasteiger partial charge in [-0.2, -0.15) is 0 Å². The summed E-state index contributed by atoms with van der Waals surface area (Å²) in [5, 5.41) is 0. The van der Waals surface area contributed by atoms with Crippen molar-refractivity contribution in [2.75, 3.05) is 31.3 Å². The molecule has 0 unspecified atom stereocenters. The Bertz CT molecular complexity index is 1150. The highest BCUT2D eigenvalue weighted by Crippen LogP contribution is 2.48. The van der Waals surface area contributed by atoms with Crippen LogP contribution in [0.3, 0.4) is 0 Å². The zero-order valence-corrected chi connectivity index (χ0v) is 23.7. The Balaban J connectivity index is 1.61. The summed E-state index contributed by atoms with van der Waals surface area (Å²) in [7, 11) is -0.806. The molecule has 0 aliphatic rings. The molecule has 5 nitrogen and oxygen atoms in total. The Labute approximate surface area is 223 Å². The molecule has 3 rings (SSSR count). The van der Waals surface area contributed by atoms with Crippen LogP contribution in [0.5, 0.6) is 0 Å². The minimum absolute atomic E-state index is 0.401. The lowest BCUT2D eigenvalue weighted by molar-refractivity contribution is -0.696. The topological polar surface area (TPSA) is 42.6 Å². The Morgan fingerprint density at radius 2 is 1.57 bits per heavy atom. The summed E-state index contributed by atoms with van der Waals surface area (Å²) in [6.07, 6.45) is 11.8. The Hall–Kier alpha value is -2.72. The first-order chi connectivity index (χ1) is 18.0. The summed E-state index contributed by atoms with van der Waals surface area (Å²) >= 11 is 0. The van der Waals surface area contributed by atoms with Gasteiger partial charge in [0, 0.05) is 37.8 Å². The van der Waals surface area contributed by atoms with Crippen LogP contribution in [0.25, 0.3) is 12.2 Å². The predicted molar refractivity (Wildman–Crippen MR) is 155 cm³/mol. The fourth-order valence-electron chi connectivity index (χ4n) is 4.42. The first-order valence-electron chi connectivity index (χ1n) is 13.4. The van der Waals surface area contributed by atoms with Crippen LogP contribution in [-0.4, -0.2) is 26.4 Å². The number of pyridine rings is 1. The van der Waals surface area contributed by atoms with Gasteiger partial charge in [-0.3, -0.25) is 4.57 Å². The van der Waals surface area contributed by atoms with Gasteiger partial charge >= 0.3 is 7.60 Å². The summed E-state index contributed by atoms with van der Waals surface area (Å²) < 4.78 is 25.5. The second kappa shape index (κ2) is 14.9. The van der Waals surface area contributed by atoms with Gasteiger partial charge in [0.1, 0.15) is 6.54 Å². The van der Waals surface area contributed by atoms with Gasteiger partial charge in [-0.1, -0.05) is 61.9 Å². The lowest BCUT2D eigenvalue weighted by atomic mass is 10.0. The van der Waals surface area contributed by atoms with Gasteiger partial charge < -0.3 is 13.9 Å². The molecule has 0 amide bonds. The zero-order chi connectivity index (χ0) is 26.5. The van der Waals surface area contributed by atoms with Crippen molar-refractivity contribution in [2.24, 2.45) is 0 Å². The van der Waals surface area contributed by atoms with Crippen LogP contribution in [0, 0.1) is 0 Å². The lowest BCUT2D eigenvalue weighted by Crippen LogP contribution is -2.33. The first kappa shape index (κ1) is 28.8. The number of hydrogen-bond donors (Lipinski definition) is 0. The van der Waals surface area contributed by atoms with Crippen LogP contribution < -0.4 is 9.47 Å². The molecule has 0 N–H and O–H groups in total. The number of nitrogens with zero attached hydrogens (tertiary/aromatic N) is 2. The summed E-state index contributed by atoms with van der Waals surface area (Å²) in [4.78, 5) is 2.34. The van der Waals surface area contributed by atoms with Crippen LogP contribution in [-0.2, 0) is 33.1 Å². The first-order valence-corrected chi connectivity index (χ1v) is 15.1. The molecule has 0 bridgehead atoms. The number of rotatable bonds is 15. The third kappa shape index (κ3) is 9.27. The second-order valence-electron chi connectivity index (χ2n) is 9.21. The SMILES string of the molecule is CCCc1cc(C=Cc2cc[n+](CCCP(=O)(OCC)OCC)cc2)ccc1N(C)Cc1ccccc1. The van der Waals surface area contributed by atoms with E-state index in [1.807, 2.05) is 13.8 Å². The monoisotopic (exact) mass is 521 g/mol. The van der Waals surface area contributed by atoms with E-state index >= 15 is 0 Å². The maximum Gasteiger partial charge on any atom is 0.330 e. The normalized spacial score (nSPS) is 11.8. The van der Waals surface area contributed by atoms with E-state index < -0.39 is 7.60 Å². The Morgan fingerprint density at radius 3 is 2.22 bits per heavy atom. The molecule has 37 heavy (non-hydrogen) atoms. The molecule has 0 aliphatic heterocycles. The van der Waals surface area contributed by atoms with Crippen molar-refractivity contribution in [1.82, 2.24) is 0 Å². The van der Waals surface area contributed by atoms with Crippen molar-refractivity contribution >= 4 is 25.4 Å². The van der Waals surface area contributed by atoms with E-state index in [1.54, 1.807) is 0 Å². The minimum Gasteiger partial charge on any atom is -0.370 e. The second-order valence-corrected chi connectivity index (χ2v) is 11.4. The summed E-state index contributed by atoms with van der Waals surface area (Å²) in [6, 6.07) is 21.6. The molecule has 0 saturated carbocycles. The fourth-order valence-corrected chi connectivity index (χ4v) is 6.07. The lowest BCUT2D eigenvalue weighted by Gasteiger charge is -2.23. The maximum atomic E-state index is 12.6. The average molecular weight is 522 g/mol. The van der Waals surface area contributed by atoms with Crippen LogP contribution in [0.1, 0.15) is 55.9 Å². The highest BCUT2D eigenvalue weighted by atomic mass is 31.2. The summed E-state index contributed by atoms with van der Waals surface area (Å²) in [5.41, 5.74) is 6.34. The van der Waals surface area contributed by atoms with Crippen molar-refractivity contribution in [3.63, 3.8) is 0 Å². The molecule has 0 aliphatic carbocycles. The quantitative estimate of drug-likeness (QED) is 0.154. The molecule has 0 radical (unpaired) electrons. The van der Waals surface area contributed by atoms with Crippen molar-refractivity contribution in [3.05, 3.63) is 95.3 Å². The largest absolute Gasteiger partial charge is 0.370 e. The molecule has 0 atom stereocenters. The highest BCUT2D eigenvalue weighted by molar-refractivity contribution is 7.53. The predicted octanol–water partition coefficient (Wildman–Crippen LogP) is 7.39. The molecule has 0 saturated heterocycles. The molecule has 0 fully saturated rings. The molecule has 198 valence electrons. The van der Waals surface area contributed by atoms with E-state index in [1.165, 1.54) is 22.4 Å². The van der Waals surface area contributed by atoms with Gasteiger partial charge in [0.2, 0.25) is 0 Å². The molecule has 6 heteroatoms. The smallest absolute Gasteiger partial charge is 0.330 e. The van der Waals surface area contributed by atoms with E-state index in [2.05, 4.69) is 109 Å². The van der Waals surface area contributed by atoms with Crippen molar-refractivity contribution in [3.8, 4) is 0 Å². The molecule has 0 spiro atoms. The molecule has 1 aromatic heterocycles. The average Bonchev–Trinajstić information content (AvgIpc) is 2.89. The number of benzene rings is 2. The van der Waals surface area contributed by atoms with Crippen molar-refractivity contribution in [2.45, 2.75) is 53.1 Å². The number of anilines is 1. The highest BCUT2D eigenvalue weighted by Gasteiger charge is 2.23. The van der Waals surface area contributed by atoms with Crippen molar-refractivity contribution < 1.29 is 18.2 Å². The van der Waals surface area contributed by atoms with Crippen LogP contribution in [0.4, 0.5) is 5.69 Å². The molecular formula is C31H42N2O3P+. The number of hydrogen-bond acceptors (Lipinski definition) is 4. The van der Waals surface area contributed by atoms with Gasteiger partial charge in [-0.05, 0) is 54.7 Å². The third-order valence-electron chi connectivity index (χ3n) is 6.18. The van der Waals surface area contributed by atoms with Gasteiger partial charge in [-0.15, -0.1) is 0 Å². The van der Waals surface area contributed by atoms with Gasteiger partial charge in [0.05, 0.1) is 19.4 Å². The zero-order valence-electron chi connectivity index (χ0n) is 22.8. The van der Waals surface area contributed by atoms with Gasteiger partial charge in [0.25, 0.3) is 0 Å². The molecule has 1 heterocycles.